The van der Waals surface area contributed by atoms with Crippen LogP contribution < -0.4 is 14.9 Å². The zero-order valence-electron chi connectivity index (χ0n) is 13.5. The Bertz CT molecular complexity index is 897. The van der Waals surface area contributed by atoms with Gasteiger partial charge in [0.25, 0.3) is 0 Å². The molecule has 124 valence electrons. The third kappa shape index (κ3) is 2.32. The van der Waals surface area contributed by atoms with Crippen LogP contribution in [0.15, 0.2) is 41.3 Å². The number of fused-ring (bicyclic) bond motifs is 4. The molecule has 2 aromatic rings. The van der Waals surface area contributed by atoms with Crippen molar-refractivity contribution in [2.45, 2.75) is 26.0 Å². The van der Waals surface area contributed by atoms with Gasteiger partial charge in [-0.15, -0.1) is 0 Å². The molecule has 0 amide bonds. The standard InChI is InChI=1S/C19H19NO4/c1-11-9-23-18-4-13-3-12(2)20-7-14(8-21)17(22)6-16(20)15(13)5-19(18)24-10-11/h4-7,12,21H,1,3,8-10H2,2H3. The van der Waals surface area contributed by atoms with Gasteiger partial charge in [-0.1, -0.05) is 6.58 Å². The van der Waals surface area contributed by atoms with E-state index in [4.69, 9.17) is 9.47 Å². The van der Waals surface area contributed by atoms with E-state index in [0.717, 1.165) is 34.6 Å². The molecule has 5 nitrogen and oxygen atoms in total. The van der Waals surface area contributed by atoms with Crippen molar-refractivity contribution in [3.05, 3.63) is 57.9 Å². The summed E-state index contributed by atoms with van der Waals surface area (Å²) in [5.74, 6) is 1.40. The van der Waals surface area contributed by atoms with Gasteiger partial charge in [0.1, 0.15) is 13.2 Å². The van der Waals surface area contributed by atoms with Crippen LogP contribution in [0.2, 0.25) is 0 Å². The van der Waals surface area contributed by atoms with Gasteiger partial charge in [0, 0.05) is 29.4 Å². The zero-order valence-corrected chi connectivity index (χ0v) is 13.5. The molecule has 0 spiro atoms. The molecule has 0 bridgehead atoms. The van der Waals surface area contributed by atoms with E-state index < -0.39 is 0 Å². The van der Waals surface area contributed by atoms with Crippen molar-refractivity contribution in [2.75, 3.05) is 13.2 Å². The minimum Gasteiger partial charge on any atom is -0.485 e. The van der Waals surface area contributed by atoms with E-state index in [-0.39, 0.29) is 18.1 Å². The number of hydrogen-bond acceptors (Lipinski definition) is 4. The quantitative estimate of drug-likeness (QED) is 0.818. The van der Waals surface area contributed by atoms with Gasteiger partial charge >= 0.3 is 0 Å². The summed E-state index contributed by atoms with van der Waals surface area (Å²) < 4.78 is 13.6. The molecule has 5 heteroatoms. The first-order chi connectivity index (χ1) is 11.6. The first-order valence-electron chi connectivity index (χ1n) is 8.02. The molecule has 1 unspecified atom stereocenters. The third-order valence-electron chi connectivity index (χ3n) is 4.63. The van der Waals surface area contributed by atoms with Gasteiger partial charge in [-0.25, -0.2) is 0 Å². The highest BCUT2D eigenvalue weighted by Crippen LogP contribution is 2.41. The molecule has 4 rings (SSSR count). The Kier molecular flexibility index (Phi) is 3.46. The Balaban J connectivity index is 1.90. The number of pyridine rings is 1. The van der Waals surface area contributed by atoms with E-state index in [2.05, 4.69) is 18.1 Å². The second-order valence-corrected chi connectivity index (χ2v) is 6.45. The topological polar surface area (TPSA) is 60.7 Å². The molecule has 0 aliphatic carbocycles. The largest absolute Gasteiger partial charge is 0.485 e. The molecule has 0 fully saturated rings. The van der Waals surface area contributed by atoms with Crippen molar-refractivity contribution in [3.63, 3.8) is 0 Å². The maximum Gasteiger partial charge on any atom is 0.187 e. The molecule has 0 saturated carbocycles. The fourth-order valence-electron chi connectivity index (χ4n) is 3.35. The van der Waals surface area contributed by atoms with Gasteiger partial charge in [-0.05, 0) is 36.6 Å². The second kappa shape index (κ2) is 5.53. The summed E-state index contributed by atoms with van der Waals surface area (Å²) in [6.45, 7) is 6.65. The number of benzene rings is 1. The lowest BCUT2D eigenvalue weighted by molar-refractivity contribution is 0.279. The van der Waals surface area contributed by atoms with Crippen molar-refractivity contribution in [1.82, 2.24) is 4.57 Å². The van der Waals surface area contributed by atoms with Gasteiger partial charge in [-0.2, -0.15) is 0 Å². The molecular formula is C19H19NO4. The molecule has 1 aromatic heterocycles. The van der Waals surface area contributed by atoms with Crippen LogP contribution in [0.5, 0.6) is 11.5 Å². The number of nitrogens with zero attached hydrogens (tertiary/aromatic N) is 1. The minimum absolute atomic E-state index is 0.149. The van der Waals surface area contributed by atoms with E-state index in [1.807, 2.05) is 12.1 Å². The number of hydrogen-bond donors (Lipinski definition) is 1. The van der Waals surface area contributed by atoms with Crippen LogP contribution in [0.1, 0.15) is 24.1 Å². The third-order valence-corrected chi connectivity index (χ3v) is 4.63. The van der Waals surface area contributed by atoms with Gasteiger partial charge in [0.15, 0.2) is 16.9 Å². The van der Waals surface area contributed by atoms with Crippen LogP contribution in [0.25, 0.3) is 11.3 Å². The van der Waals surface area contributed by atoms with E-state index in [1.54, 1.807) is 12.3 Å². The normalized spacial score (nSPS) is 18.6. The summed E-state index contributed by atoms with van der Waals surface area (Å²) in [5, 5.41) is 9.36. The number of aromatic nitrogens is 1. The summed E-state index contributed by atoms with van der Waals surface area (Å²) in [4.78, 5) is 12.2. The smallest absolute Gasteiger partial charge is 0.187 e. The van der Waals surface area contributed by atoms with Gasteiger partial charge in [0.05, 0.1) is 12.3 Å². The van der Waals surface area contributed by atoms with Crippen LogP contribution in [-0.2, 0) is 13.0 Å². The highest BCUT2D eigenvalue weighted by molar-refractivity contribution is 5.71. The van der Waals surface area contributed by atoms with Crippen molar-refractivity contribution < 1.29 is 14.6 Å². The van der Waals surface area contributed by atoms with E-state index in [1.165, 1.54) is 0 Å². The van der Waals surface area contributed by atoms with Crippen molar-refractivity contribution >= 4 is 0 Å². The number of aliphatic hydroxyl groups excluding tert-OH is 1. The summed E-state index contributed by atoms with van der Waals surface area (Å²) in [5.41, 5.74) is 4.12. The van der Waals surface area contributed by atoms with Gasteiger partial charge in [0.2, 0.25) is 0 Å². The van der Waals surface area contributed by atoms with Crippen molar-refractivity contribution in [3.8, 4) is 22.8 Å². The molecule has 2 aliphatic heterocycles. The number of aliphatic hydroxyl groups is 1. The minimum atomic E-state index is -0.248. The molecule has 3 heterocycles. The first-order valence-corrected chi connectivity index (χ1v) is 8.02. The molecule has 1 atom stereocenters. The summed E-state index contributed by atoms with van der Waals surface area (Å²) >= 11 is 0. The van der Waals surface area contributed by atoms with E-state index in [9.17, 15) is 9.90 Å². The molecule has 24 heavy (non-hydrogen) atoms. The van der Waals surface area contributed by atoms with Gasteiger partial charge < -0.3 is 19.1 Å². The fourth-order valence-corrected chi connectivity index (χ4v) is 3.35. The highest BCUT2D eigenvalue weighted by Gasteiger charge is 2.25. The van der Waals surface area contributed by atoms with Crippen LogP contribution in [0, 0.1) is 0 Å². The molecule has 2 aliphatic rings. The van der Waals surface area contributed by atoms with Crippen LogP contribution in [0.3, 0.4) is 0 Å². The molecular weight excluding hydrogens is 306 g/mol. The lowest BCUT2D eigenvalue weighted by Crippen LogP contribution is -2.22. The Morgan fingerprint density at radius 1 is 1.25 bits per heavy atom. The SMILES string of the molecule is C=C1COc2cc3c(cc2OC1)-c1cc(=O)c(CO)cn1C(C)C3. The van der Waals surface area contributed by atoms with Crippen LogP contribution in [-0.4, -0.2) is 22.9 Å². The molecule has 0 radical (unpaired) electrons. The fraction of sp³-hybridized carbons (Fsp3) is 0.316. The highest BCUT2D eigenvalue weighted by atomic mass is 16.5. The molecule has 1 N–H and O–H groups in total. The van der Waals surface area contributed by atoms with Gasteiger partial charge in [-0.3, -0.25) is 4.79 Å². The average Bonchev–Trinajstić information content (AvgIpc) is 2.75. The summed E-state index contributed by atoms with van der Waals surface area (Å²) in [6, 6.07) is 5.74. The predicted octanol–water partition coefficient (Wildman–Crippen LogP) is 2.45. The predicted molar refractivity (Wildman–Crippen MR) is 90.6 cm³/mol. The summed E-state index contributed by atoms with van der Waals surface area (Å²) in [7, 11) is 0. The van der Waals surface area contributed by atoms with Crippen molar-refractivity contribution in [1.29, 1.82) is 0 Å². The molecule has 0 saturated heterocycles. The van der Waals surface area contributed by atoms with E-state index >= 15 is 0 Å². The Hall–Kier alpha value is -2.53. The molecule has 1 aromatic carbocycles. The lowest BCUT2D eigenvalue weighted by Gasteiger charge is -2.29. The maximum absolute atomic E-state index is 12.2. The van der Waals surface area contributed by atoms with Crippen LogP contribution in [0.4, 0.5) is 0 Å². The maximum atomic E-state index is 12.2. The Morgan fingerprint density at radius 3 is 2.67 bits per heavy atom. The average molecular weight is 325 g/mol. The first kappa shape index (κ1) is 15.0. The second-order valence-electron chi connectivity index (χ2n) is 6.45. The van der Waals surface area contributed by atoms with Crippen molar-refractivity contribution in [2.24, 2.45) is 0 Å². The number of rotatable bonds is 1. The lowest BCUT2D eigenvalue weighted by atomic mass is 9.92. The van der Waals surface area contributed by atoms with E-state index in [0.29, 0.717) is 24.5 Å². The number of ether oxygens (including phenoxy) is 2. The Labute approximate surface area is 139 Å². The monoisotopic (exact) mass is 325 g/mol. The summed E-state index contributed by atoms with van der Waals surface area (Å²) in [6.07, 6.45) is 2.59. The zero-order chi connectivity index (χ0) is 16.8. The van der Waals surface area contributed by atoms with Crippen LogP contribution >= 0.6 is 0 Å². The Morgan fingerprint density at radius 2 is 1.96 bits per heavy atom.